The first-order valence-electron chi connectivity index (χ1n) is 4.93. The molecule has 0 saturated heterocycles. The van der Waals surface area contributed by atoms with Crippen LogP contribution >= 0.6 is 15.9 Å². The summed E-state index contributed by atoms with van der Waals surface area (Å²) in [5, 5.41) is 9.99. The summed E-state index contributed by atoms with van der Waals surface area (Å²) in [4.78, 5) is 11.3. The fourth-order valence-corrected chi connectivity index (χ4v) is 1.77. The van der Waals surface area contributed by atoms with Gasteiger partial charge in [-0.15, -0.1) is 0 Å². The van der Waals surface area contributed by atoms with E-state index in [1.807, 2.05) is 12.1 Å². The van der Waals surface area contributed by atoms with Crippen molar-refractivity contribution in [3.8, 4) is 0 Å². The standard InChI is InChI=1S/C12H11BrO3/c1-7-10(14)6-11(16-7)12(15)8-2-4-9(13)5-3-8/h2-7,12,15H,1H3. The molecule has 0 radical (unpaired) electrons. The number of ketones is 1. The maximum Gasteiger partial charge on any atom is 0.199 e. The van der Waals surface area contributed by atoms with Crippen LogP contribution in [0.15, 0.2) is 40.6 Å². The Bertz CT molecular complexity index is 436. The van der Waals surface area contributed by atoms with Crippen molar-refractivity contribution in [1.29, 1.82) is 0 Å². The Hall–Kier alpha value is -1.13. The van der Waals surface area contributed by atoms with Crippen LogP contribution in [0.3, 0.4) is 0 Å². The second kappa shape index (κ2) is 4.39. The fraction of sp³-hybridized carbons (Fsp3) is 0.250. The van der Waals surface area contributed by atoms with E-state index in [2.05, 4.69) is 15.9 Å². The SMILES string of the molecule is CC1OC(C(O)c2ccc(Br)cc2)=CC1=O. The Morgan fingerprint density at radius 1 is 1.38 bits per heavy atom. The van der Waals surface area contributed by atoms with Gasteiger partial charge in [0.2, 0.25) is 0 Å². The van der Waals surface area contributed by atoms with Gasteiger partial charge in [0.05, 0.1) is 0 Å². The Balaban J connectivity index is 2.20. The van der Waals surface area contributed by atoms with Gasteiger partial charge in [0.15, 0.2) is 11.9 Å². The molecule has 16 heavy (non-hydrogen) atoms. The monoisotopic (exact) mass is 282 g/mol. The minimum atomic E-state index is -0.873. The smallest absolute Gasteiger partial charge is 0.199 e. The van der Waals surface area contributed by atoms with E-state index in [1.165, 1.54) is 6.08 Å². The van der Waals surface area contributed by atoms with Crippen molar-refractivity contribution in [1.82, 2.24) is 0 Å². The minimum absolute atomic E-state index is 0.105. The third kappa shape index (κ3) is 2.18. The molecule has 0 amide bonds. The third-order valence-electron chi connectivity index (χ3n) is 2.45. The van der Waals surface area contributed by atoms with Crippen LogP contribution in [0.4, 0.5) is 0 Å². The molecule has 1 aliphatic heterocycles. The lowest BCUT2D eigenvalue weighted by atomic mass is 10.1. The molecule has 3 nitrogen and oxygen atoms in total. The van der Waals surface area contributed by atoms with Crippen molar-refractivity contribution in [2.24, 2.45) is 0 Å². The highest BCUT2D eigenvalue weighted by Gasteiger charge is 2.27. The van der Waals surface area contributed by atoms with Crippen LogP contribution in [0.1, 0.15) is 18.6 Å². The zero-order valence-corrected chi connectivity index (χ0v) is 10.3. The number of ether oxygens (including phenoxy) is 1. The van der Waals surface area contributed by atoms with Gasteiger partial charge in [-0.05, 0) is 24.6 Å². The minimum Gasteiger partial charge on any atom is -0.484 e. The quantitative estimate of drug-likeness (QED) is 0.906. The van der Waals surface area contributed by atoms with Gasteiger partial charge in [-0.3, -0.25) is 4.79 Å². The van der Waals surface area contributed by atoms with Crippen molar-refractivity contribution < 1.29 is 14.6 Å². The predicted molar refractivity (Wildman–Crippen MR) is 62.7 cm³/mol. The van der Waals surface area contributed by atoms with Crippen LogP contribution in [0.25, 0.3) is 0 Å². The van der Waals surface area contributed by atoms with E-state index >= 15 is 0 Å². The Morgan fingerprint density at radius 3 is 2.50 bits per heavy atom. The lowest BCUT2D eigenvalue weighted by Gasteiger charge is -2.13. The molecule has 1 heterocycles. The summed E-state index contributed by atoms with van der Waals surface area (Å²) >= 11 is 3.32. The van der Waals surface area contributed by atoms with Crippen molar-refractivity contribution in [3.05, 3.63) is 46.1 Å². The highest BCUT2D eigenvalue weighted by molar-refractivity contribution is 9.10. The average molecular weight is 283 g/mol. The Morgan fingerprint density at radius 2 is 2.00 bits per heavy atom. The number of carbonyl (C=O) groups is 1. The molecular weight excluding hydrogens is 272 g/mol. The first-order chi connectivity index (χ1) is 7.58. The summed E-state index contributed by atoms with van der Waals surface area (Å²) in [5.41, 5.74) is 0.705. The number of carbonyl (C=O) groups excluding carboxylic acids is 1. The lowest BCUT2D eigenvalue weighted by molar-refractivity contribution is -0.120. The second-order valence-corrected chi connectivity index (χ2v) is 4.58. The Labute approximate surface area is 102 Å². The van der Waals surface area contributed by atoms with Crippen molar-refractivity contribution in [2.75, 3.05) is 0 Å². The third-order valence-corrected chi connectivity index (χ3v) is 2.98. The molecule has 0 bridgehead atoms. The first-order valence-corrected chi connectivity index (χ1v) is 5.73. The number of hydrogen-bond acceptors (Lipinski definition) is 3. The summed E-state index contributed by atoms with van der Waals surface area (Å²) in [6, 6.07) is 7.23. The van der Waals surface area contributed by atoms with Crippen LogP contribution in [0.5, 0.6) is 0 Å². The van der Waals surface area contributed by atoms with E-state index in [0.29, 0.717) is 11.3 Å². The number of aliphatic hydroxyl groups excluding tert-OH is 1. The number of hydrogen-bond donors (Lipinski definition) is 1. The molecule has 84 valence electrons. The molecule has 0 spiro atoms. The summed E-state index contributed by atoms with van der Waals surface area (Å²) in [5.74, 6) is 0.214. The summed E-state index contributed by atoms with van der Waals surface area (Å²) in [7, 11) is 0. The number of aliphatic hydroxyl groups is 1. The highest BCUT2D eigenvalue weighted by Crippen LogP contribution is 2.28. The molecule has 1 aromatic rings. The van der Waals surface area contributed by atoms with Crippen LogP contribution in [0, 0.1) is 0 Å². The molecule has 0 fully saturated rings. The van der Waals surface area contributed by atoms with Crippen molar-refractivity contribution >= 4 is 21.7 Å². The van der Waals surface area contributed by atoms with E-state index in [1.54, 1.807) is 19.1 Å². The molecule has 0 saturated carbocycles. The lowest BCUT2D eigenvalue weighted by Crippen LogP contribution is -2.11. The second-order valence-electron chi connectivity index (χ2n) is 3.66. The van der Waals surface area contributed by atoms with Crippen molar-refractivity contribution in [3.63, 3.8) is 0 Å². The zero-order valence-electron chi connectivity index (χ0n) is 8.68. The van der Waals surface area contributed by atoms with Crippen LogP contribution < -0.4 is 0 Å². The van der Waals surface area contributed by atoms with E-state index < -0.39 is 12.2 Å². The van der Waals surface area contributed by atoms with E-state index in [0.717, 1.165) is 4.47 Å². The van der Waals surface area contributed by atoms with Gasteiger partial charge in [-0.25, -0.2) is 0 Å². The van der Waals surface area contributed by atoms with Gasteiger partial charge >= 0.3 is 0 Å². The van der Waals surface area contributed by atoms with Crippen LogP contribution in [-0.4, -0.2) is 17.0 Å². The summed E-state index contributed by atoms with van der Waals surface area (Å²) in [6.07, 6.45) is -0.000658. The Kier molecular flexibility index (Phi) is 3.12. The van der Waals surface area contributed by atoms with Gasteiger partial charge < -0.3 is 9.84 Å². The molecule has 2 rings (SSSR count). The molecule has 0 aliphatic carbocycles. The summed E-state index contributed by atoms with van der Waals surface area (Å²) < 4.78 is 6.21. The zero-order chi connectivity index (χ0) is 11.7. The average Bonchev–Trinajstić information content (AvgIpc) is 2.59. The van der Waals surface area contributed by atoms with Gasteiger partial charge in [0, 0.05) is 10.5 Å². The predicted octanol–water partition coefficient (Wildman–Crippen LogP) is 2.35. The fourth-order valence-electron chi connectivity index (χ4n) is 1.51. The van der Waals surface area contributed by atoms with Crippen LogP contribution in [-0.2, 0) is 9.53 Å². The van der Waals surface area contributed by atoms with Gasteiger partial charge in [0.1, 0.15) is 11.9 Å². The maximum atomic E-state index is 11.3. The highest BCUT2D eigenvalue weighted by atomic mass is 79.9. The first kappa shape index (κ1) is 11.4. The van der Waals surface area contributed by atoms with Gasteiger partial charge in [0.25, 0.3) is 0 Å². The van der Waals surface area contributed by atoms with Crippen LogP contribution in [0.2, 0.25) is 0 Å². The van der Waals surface area contributed by atoms with E-state index in [9.17, 15) is 9.90 Å². The molecule has 2 atom stereocenters. The molecular formula is C12H11BrO3. The number of benzene rings is 1. The number of halogens is 1. The van der Waals surface area contributed by atoms with E-state index in [-0.39, 0.29) is 5.78 Å². The molecule has 0 aromatic heterocycles. The molecule has 4 heteroatoms. The molecule has 1 aliphatic rings. The van der Waals surface area contributed by atoms with E-state index in [4.69, 9.17) is 4.74 Å². The molecule has 1 N–H and O–H groups in total. The maximum absolute atomic E-state index is 11.3. The topological polar surface area (TPSA) is 46.5 Å². The summed E-state index contributed by atoms with van der Waals surface area (Å²) in [6.45, 7) is 1.67. The molecule has 2 unspecified atom stereocenters. The van der Waals surface area contributed by atoms with Gasteiger partial charge in [-0.1, -0.05) is 28.1 Å². The number of rotatable bonds is 2. The molecule has 1 aromatic carbocycles. The van der Waals surface area contributed by atoms with Crippen molar-refractivity contribution in [2.45, 2.75) is 19.1 Å². The largest absolute Gasteiger partial charge is 0.484 e. The normalized spacial score (nSPS) is 21.6. The van der Waals surface area contributed by atoms with Gasteiger partial charge in [-0.2, -0.15) is 0 Å².